The Balaban J connectivity index is 2.73. The van der Waals surface area contributed by atoms with Crippen molar-refractivity contribution in [3.63, 3.8) is 0 Å². The Bertz CT molecular complexity index is 722. The van der Waals surface area contributed by atoms with Crippen molar-refractivity contribution in [1.29, 1.82) is 21.2 Å². The number of nitrogens with one attached hydrogen (secondary N) is 1. The molecule has 1 N–H and O–H groups in total. The molecule has 0 radical (unpaired) electrons. The van der Waals surface area contributed by atoms with Crippen molar-refractivity contribution in [3.05, 3.63) is 0 Å². The van der Waals surface area contributed by atoms with Crippen LogP contribution in [0.25, 0.3) is 0 Å². The largest absolute Gasteiger partial charge is 0.307 e. The monoisotopic (exact) mass is 338 g/mol. The summed E-state index contributed by atoms with van der Waals surface area (Å²) in [5.41, 5.74) is -3.95. The van der Waals surface area contributed by atoms with Gasteiger partial charge in [0.15, 0.2) is 5.41 Å². The van der Waals surface area contributed by atoms with Crippen LogP contribution in [0, 0.1) is 79.8 Å². The predicted molar refractivity (Wildman–Crippen MR) is 88.8 cm³/mol. The van der Waals surface area contributed by atoms with Gasteiger partial charge in [0.2, 0.25) is 0 Å². The molecule has 0 aromatic rings. The minimum absolute atomic E-state index is 0.0780. The molecule has 5 atom stereocenters. The molecule has 0 amide bonds. The summed E-state index contributed by atoms with van der Waals surface area (Å²) >= 11 is 0. The molecule has 130 valence electrons. The molecule has 0 saturated heterocycles. The molecule has 2 saturated carbocycles. The zero-order valence-corrected chi connectivity index (χ0v) is 14.7. The van der Waals surface area contributed by atoms with Crippen molar-refractivity contribution in [1.82, 2.24) is 0 Å². The first kappa shape index (κ1) is 18.8. The van der Waals surface area contributed by atoms with Crippen molar-refractivity contribution in [3.8, 4) is 18.2 Å². The normalized spacial score (nSPS) is 37.2. The summed E-state index contributed by atoms with van der Waals surface area (Å²) < 4.78 is 0. The number of ketones is 1. The fraction of sp³-hybridized carbons (Fsp3) is 0.684. The summed E-state index contributed by atoms with van der Waals surface area (Å²) in [6.07, 6.45) is 1.71. The number of nitrogens with zero attached hydrogens (tertiary/aromatic N) is 3. The molecule has 0 aromatic carbocycles. The molecule has 6 heteroatoms. The van der Waals surface area contributed by atoms with Crippen LogP contribution in [0.2, 0.25) is 0 Å². The lowest BCUT2D eigenvalue weighted by molar-refractivity contribution is -0.136. The number of rotatable bonds is 3. The van der Waals surface area contributed by atoms with Gasteiger partial charge in [-0.3, -0.25) is 4.79 Å². The van der Waals surface area contributed by atoms with E-state index >= 15 is 0 Å². The minimum Gasteiger partial charge on any atom is -0.307 e. The average Bonchev–Trinajstić information content (AvgIpc) is 2.84. The van der Waals surface area contributed by atoms with Crippen molar-refractivity contribution in [2.45, 2.75) is 40.0 Å². The third-order valence-electron chi connectivity index (χ3n) is 6.16. The van der Waals surface area contributed by atoms with Gasteiger partial charge < -0.3 is 10.2 Å². The predicted octanol–water partition coefficient (Wildman–Crippen LogP) is 2.66. The molecule has 0 heterocycles. The smallest absolute Gasteiger partial charge is 0.169 e. The molecular weight excluding hydrogens is 316 g/mol. The zero-order chi connectivity index (χ0) is 19.0. The fourth-order valence-corrected chi connectivity index (χ4v) is 4.75. The molecule has 2 fully saturated rings. The second kappa shape index (κ2) is 6.41. The lowest BCUT2D eigenvalue weighted by Gasteiger charge is -2.45. The highest BCUT2D eigenvalue weighted by atomic mass is 16.1. The molecule has 0 spiro atoms. The van der Waals surface area contributed by atoms with Gasteiger partial charge in [-0.05, 0) is 31.1 Å². The van der Waals surface area contributed by atoms with Gasteiger partial charge >= 0.3 is 0 Å². The number of nitriles is 3. The third kappa shape index (κ3) is 2.30. The second-order valence-corrected chi connectivity index (χ2v) is 7.69. The van der Waals surface area contributed by atoms with E-state index in [0.717, 1.165) is 0 Å². The van der Waals surface area contributed by atoms with Gasteiger partial charge in [-0.1, -0.05) is 20.8 Å². The van der Waals surface area contributed by atoms with E-state index < -0.39 is 22.7 Å². The molecule has 25 heavy (non-hydrogen) atoms. The van der Waals surface area contributed by atoms with Gasteiger partial charge in [-0.2, -0.15) is 15.8 Å². The molecule has 0 bridgehead atoms. The van der Waals surface area contributed by atoms with Gasteiger partial charge in [0.05, 0.1) is 24.1 Å². The molecule has 0 aromatic heterocycles. The van der Waals surface area contributed by atoms with Crippen LogP contribution >= 0.6 is 0 Å². The van der Waals surface area contributed by atoms with Gasteiger partial charge in [0, 0.05) is 17.5 Å². The second-order valence-electron chi connectivity index (χ2n) is 7.69. The van der Waals surface area contributed by atoms with Gasteiger partial charge in [0.25, 0.3) is 0 Å². The minimum atomic E-state index is -1.86. The Hall–Kier alpha value is -2.52. The molecule has 0 aliphatic heterocycles. The molecule has 2 aliphatic carbocycles. The van der Waals surface area contributed by atoms with Crippen molar-refractivity contribution in [2.75, 3.05) is 0 Å². The van der Waals surface area contributed by atoms with E-state index in [9.17, 15) is 25.4 Å². The maximum atomic E-state index is 13.2. The first-order chi connectivity index (χ1) is 11.8. The number of hydrogen-bond donors (Lipinski definition) is 1. The van der Waals surface area contributed by atoms with E-state index in [1.165, 1.54) is 0 Å². The van der Waals surface area contributed by atoms with Crippen molar-refractivity contribution < 1.29 is 9.59 Å². The maximum Gasteiger partial charge on any atom is 0.169 e. The first-order valence-corrected chi connectivity index (χ1v) is 8.58. The first-order valence-electron chi connectivity index (χ1n) is 8.58. The van der Waals surface area contributed by atoms with Crippen LogP contribution < -0.4 is 0 Å². The Morgan fingerprint density at radius 2 is 1.80 bits per heavy atom. The SMILES string of the molecule is CC(C)[C@H]1CC[C@H](C)[C@@H]([C@]2(C#N)C(=N)C(C=O)CC2(C#N)C#N)C1=O. The number of hydrogen-bond acceptors (Lipinski definition) is 6. The molecule has 1 unspecified atom stereocenters. The third-order valence-corrected chi connectivity index (χ3v) is 6.16. The quantitative estimate of drug-likeness (QED) is 0.791. The van der Waals surface area contributed by atoms with Crippen LogP contribution in [0.1, 0.15) is 40.0 Å². The van der Waals surface area contributed by atoms with E-state index in [1.807, 2.05) is 39.0 Å². The summed E-state index contributed by atoms with van der Waals surface area (Å²) in [6.45, 7) is 5.70. The summed E-state index contributed by atoms with van der Waals surface area (Å²) in [5.74, 6) is -2.44. The fourth-order valence-electron chi connectivity index (χ4n) is 4.75. The number of Topliss-reactive ketones (excluding diaryl/α,β-unsaturated/α-hetero) is 1. The highest BCUT2D eigenvalue weighted by molar-refractivity contribution is 6.08. The Kier molecular flexibility index (Phi) is 4.83. The summed E-state index contributed by atoms with van der Waals surface area (Å²) in [5, 5.41) is 38.0. The Morgan fingerprint density at radius 3 is 2.24 bits per heavy atom. The summed E-state index contributed by atoms with van der Waals surface area (Å²) in [6, 6.07) is 5.85. The van der Waals surface area contributed by atoms with Crippen molar-refractivity contribution in [2.24, 2.45) is 40.4 Å². The van der Waals surface area contributed by atoms with Crippen molar-refractivity contribution >= 4 is 17.8 Å². The Labute approximate surface area is 147 Å². The molecular formula is C19H22N4O2. The van der Waals surface area contributed by atoms with Gasteiger partial charge in [-0.15, -0.1) is 0 Å². The van der Waals surface area contributed by atoms with Crippen LogP contribution in [0.3, 0.4) is 0 Å². The number of carbonyl (C=O) groups excluding carboxylic acids is 2. The maximum absolute atomic E-state index is 13.2. The van der Waals surface area contributed by atoms with Crippen LogP contribution in [-0.4, -0.2) is 17.8 Å². The van der Waals surface area contributed by atoms with Gasteiger partial charge in [0.1, 0.15) is 17.5 Å². The standard InChI is InChI=1S/C19H22N4O2/c1-11(2)14-5-4-12(3)15(16(14)25)19(10-22)17(23)13(7-24)6-18(19,8-20)9-21/h7,11-15,23H,4-6H2,1-3H3/t12-,13?,14+,15+,19+/m0/s1. The van der Waals surface area contributed by atoms with Crippen LogP contribution in [-0.2, 0) is 9.59 Å². The van der Waals surface area contributed by atoms with Crippen LogP contribution in [0.15, 0.2) is 0 Å². The van der Waals surface area contributed by atoms with E-state index in [-0.39, 0.29) is 35.7 Å². The van der Waals surface area contributed by atoms with E-state index in [2.05, 4.69) is 0 Å². The summed E-state index contributed by atoms with van der Waals surface area (Å²) in [7, 11) is 0. The summed E-state index contributed by atoms with van der Waals surface area (Å²) in [4.78, 5) is 24.6. The van der Waals surface area contributed by atoms with E-state index in [0.29, 0.717) is 19.1 Å². The Morgan fingerprint density at radius 1 is 1.20 bits per heavy atom. The average molecular weight is 338 g/mol. The van der Waals surface area contributed by atoms with E-state index in [4.69, 9.17) is 5.41 Å². The van der Waals surface area contributed by atoms with E-state index in [1.54, 1.807) is 0 Å². The number of aldehydes is 1. The van der Waals surface area contributed by atoms with Gasteiger partial charge in [-0.25, -0.2) is 0 Å². The molecule has 6 nitrogen and oxygen atoms in total. The number of carbonyl (C=O) groups is 2. The molecule has 2 rings (SSSR count). The molecule has 2 aliphatic rings. The highest BCUT2D eigenvalue weighted by Crippen LogP contribution is 2.60. The van der Waals surface area contributed by atoms with Crippen LogP contribution in [0.5, 0.6) is 0 Å². The highest BCUT2D eigenvalue weighted by Gasteiger charge is 2.70. The lowest BCUT2D eigenvalue weighted by atomic mass is 9.52. The van der Waals surface area contributed by atoms with Crippen LogP contribution in [0.4, 0.5) is 0 Å². The zero-order valence-electron chi connectivity index (χ0n) is 14.7. The lowest BCUT2D eigenvalue weighted by Crippen LogP contribution is -2.54. The topological polar surface area (TPSA) is 129 Å².